The normalized spacial score (nSPS) is 16.8. The molecule has 0 rings (SSSR count). The number of nitrogens with one attached hydrogen (secondary N) is 3. The van der Waals surface area contributed by atoms with Crippen LogP contribution in [0.3, 0.4) is 0 Å². The Morgan fingerprint density at radius 3 is 2.21 bits per heavy atom. The number of aliphatic hydroxyl groups is 1. The highest BCUT2D eigenvalue weighted by atomic mass is 16.3. The zero-order valence-electron chi connectivity index (χ0n) is 19.9. The molecule has 0 saturated carbocycles. The maximum atomic E-state index is 12.4. The number of aliphatic hydroxyl groups excluding tert-OH is 1. The Kier molecular flexibility index (Phi) is 14.7. The molecule has 174 valence electrons. The first-order valence-corrected chi connectivity index (χ1v) is 11.5. The van der Waals surface area contributed by atoms with Crippen LogP contribution in [-0.4, -0.2) is 79.4 Å². The van der Waals surface area contributed by atoms with Gasteiger partial charge in [0.15, 0.2) is 0 Å². The van der Waals surface area contributed by atoms with Gasteiger partial charge in [-0.05, 0) is 32.6 Å². The van der Waals surface area contributed by atoms with Crippen LogP contribution in [0.2, 0.25) is 0 Å². The van der Waals surface area contributed by atoms with Crippen molar-refractivity contribution in [1.82, 2.24) is 20.9 Å². The van der Waals surface area contributed by atoms with Crippen molar-refractivity contribution in [3.05, 3.63) is 0 Å². The molecule has 0 aliphatic carbocycles. The first-order chi connectivity index (χ1) is 13.7. The maximum absolute atomic E-state index is 12.4. The lowest BCUT2D eigenvalue weighted by molar-refractivity contribution is -0.132. The fourth-order valence-corrected chi connectivity index (χ4v) is 2.91. The van der Waals surface area contributed by atoms with Crippen LogP contribution in [-0.2, 0) is 4.79 Å². The largest absolute Gasteiger partial charge is 0.395 e. The lowest BCUT2D eigenvalue weighted by atomic mass is 9.94. The van der Waals surface area contributed by atoms with Gasteiger partial charge in [0, 0.05) is 63.3 Å². The first kappa shape index (κ1) is 28.3. The highest BCUT2D eigenvalue weighted by molar-refractivity contribution is 5.76. The van der Waals surface area contributed by atoms with Gasteiger partial charge in [0.1, 0.15) is 0 Å². The zero-order chi connectivity index (χ0) is 22.3. The summed E-state index contributed by atoms with van der Waals surface area (Å²) >= 11 is 0. The Bertz CT molecular complexity index is 431. The van der Waals surface area contributed by atoms with E-state index in [4.69, 9.17) is 5.73 Å². The summed E-state index contributed by atoms with van der Waals surface area (Å²) in [6.07, 6.45) is 3.58. The SMILES string of the molecule is CCC(C)CC(=O)N(CCO)CCNCCNC(C)(CC)CNC(C)(CC)CN. The quantitative estimate of drug-likeness (QED) is 0.216. The molecule has 0 saturated heterocycles. The molecule has 29 heavy (non-hydrogen) atoms. The van der Waals surface area contributed by atoms with Crippen molar-refractivity contribution in [2.45, 2.75) is 78.3 Å². The third-order valence-electron chi connectivity index (χ3n) is 6.27. The van der Waals surface area contributed by atoms with E-state index in [1.807, 2.05) is 0 Å². The molecule has 0 bridgehead atoms. The molecule has 0 aromatic carbocycles. The monoisotopic (exact) mass is 415 g/mol. The minimum Gasteiger partial charge on any atom is -0.395 e. The second-order valence-corrected chi connectivity index (χ2v) is 8.88. The van der Waals surface area contributed by atoms with Gasteiger partial charge in [-0.25, -0.2) is 0 Å². The average Bonchev–Trinajstić information content (AvgIpc) is 2.73. The van der Waals surface area contributed by atoms with Crippen LogP contribution in [0.4, 0.5) is 0 Å². The summed E-state index contributed by atoms with van der Waals surface area (Å²) in [6, 6.07) is 0. The van der Waals surface area contributed by atoms with Crippen LogP contribution < -0.4 is 21.7 Å². The Morgan fingerprint density at radius 1 is 1.03 bits per heavy atom. The molecule has 0 spiro atoms. The zero-order valence-corrected chi connectivity index (χ0v) is 19.9. The van der Waals surface area contributed by atoms with Crippen LogP contribution in [0, 0.1) is 5.92 Å². The molecule has 1 amide bonds. The number of hydrogen-bond donors (Lipinski definition) is 5. The molecule has 0 heterocycles. The Morgan fingerprint density at radius 2 is 1.69 bits per heavy atom. The van der Waals surface area contributed by atoms with Gasteiger partial charge in [-0.1, -0.05) is 34.1 Å². The van der Waals surface area contributed by atoms with Crippen molar-refractivity contribution >= 4 is 5.91 Å². The molecular weight excluding hydrogens is 366 g/mol. The molecule has 0 aliphatic rings. The predicted molar refractivity (Wildman–Crippen MR) is 123 cm³/mol. The van der Waals surface area contributed by atoms with Gasteiger partial charge in [0.05, 0.1) is 6.61 Å². The molecule has 0 aliphatic heterocycles. The predicted octanol–water partition coefficient (Wildman–Crippen LogP) is 1.31. The van der Waals surface area contributed by atoms with Gasteiger partial charge in [-0.15, -0.1) is 0 Å². The fraction of sp³-hybridized carbons (Fsp3) is 0.955. The van der Waals surface area contributed by atoms with Crippen LogP contribution in [0.1, 0.15) is 67.2 Å². The lowest BCUT2D eigenvalue weighted by Gasteiger charge is -2.36. The lowest BCUT2D eigenvalue weighted by Crippen LogP contribution is -2.58. The van der Waals surface area contributed by atoms with Crippen LogP contribution in [0.25, 0.3) is 0 Å². The van der Waals surface area contributed by atoms with E-state index < -0.39 is 0 Å². The van der Waals surface area contributed by atoms with Crippen molar-refractivity contribution < 1.29 is 9.90 Å². The number of carbonyl (C=O) groups excluding carboxylic acids is 1. The van der Waals surface area contributed by atoms with E-state index in [2.05, 4.69) is 57.5 Å². The number of amides is 1. The van der Waals surface area contributed by atoms with Gasteiger partial charge in [-0.3, -0.25) is 4.79 Å². The summed E-state index contributed by atoms with van der Waals surface area (Å²) in [5.74, 6) is 0.520. The molecule has 0 aromatic heterocycles. The van der Waals surface area contributed by atoms with E-state index >= 15 is 0 Å². The number of carbonyl (C=O) groups is 1. The Hall–Kier alpha value is -0.730. The summed E-state index contributed by atoms with van der Waals surface area (Å²) in [4.78, 5) is 14.1. The Balaban J connectivity index is 4.24. The smallest absolute Gasteiger partial charge is 0.222 e. The van der Waals surface area contributed by atoms with E-state index in [0.29, 0.717) is 32.0 Å². The standard InChI is InChI=1S/C22H49N5O2/c1-7-19(4)16-20(29)27(14-15-28)13-12-24-10-11-25-22(6,9-3)18-26-21(5,8-2)17-23/h19,24-26,28H,7-18,23H2,1-6H3. The molecule has 0 radical (unpaired) electrons. The highest BCUT2D eigenvalue weighted by Crippen LogP contribution is 2.12. The molecule has 7 heteroatoms. The van der Waals surface area contributed by atoms with Crippen molar-refractivity contribution in [3.63, 3.8) is 0 Å². The van der Waals surface area contributed by atoms with Gasteiger partial charge >= 0.3 is 0 Å². The molecule has 7 nitrogen and oxygen atoms in total. The molecular formula is C22H49N5O2. The van der Waals surface area contributed by atoms with E-state index in [1.165, 1.54) is 0 Å². The molecule has 0 aromatic rings. The molecule has 3 unspecified atom stereocenters. The second-order valence-electron chi connectivity index (χ2n) is 8.88. The minimum atomic E-state index is -0.0195. The third kappa shape index (κ3) is 11.9. The highest BCUT2D eigenvalue weighted by Gasteiger charge is 2.26. The van der Waals surface area contributed by atoms with Crippen LogP contribution >= 0.6 is 0 Å². The number of nitrogens with zero attached hydrogens (tertiary/aromatic N) is 1. The van der Waals surface area contributed by atoms with Crippen LogP contribution in [0.15, 0.2) is 0 Å². The fourth-order valence-electron chi connectivity index (χ4n) is 2.91. The van der Waals surface area contributed by atoms with Gasteiger partial charge < -0.3 is 31.7 Å². The van der Waals surface area contributed by atoms with Crippen molar-refractivity contribution in [3.8, 4) is 0 Å². The summed E-state index contributed by atoms with van der Waals surface area (Å²) in [5.41, 5.74) is 5.91. The van der Waals surface area contributed by atoms with Crippen LogP contribution in [0.5, 0.6) is 0 Å². The van der Waals surface area contributed by atoms with Crippen molar-refractivity contribution in [2.75, 3.05) is 52.4 Å². The molecule has 3 atom stereocenters. The summed E-state index contributed by atoms with van der Waals surface area (Å²) in [6.45, 7) is 17.9. The molecule has 0 fully saturated rings. The number of rotatable bonds is 18. The maximum Gasteiger partial charge on any atom is 0.222 e. The third-order valence-corrected chi connectivity index (χ3v) is 6.27. The number of hydrogen-bond acceptors (Lipinski definition) is 6. The summed E-state index contributed by atoms with van der Waals surface area (Å²) < 4.78 is 0. The topological polar surface area (TPSA) is 103 Å². The van der Waals surface area contributed by atoms with Gasteiger partial charge in [0.25, 0.3) is 0 Å². The van der Waals surface area contributed by atoms with E-state index in [9.17, 15) is 9.90 Å². The van der Waals surface area contributed by atoms with E-state index in [0.717, 1.165) is 45.4 Å². The number of nitrogens with two attached hydrogens (primary N) is 1. The van der Waals surface area contributed by atoms with E-state index in [-0.39, 0.29) is 23.6 Å². The average molecular weight is 416 g/mol. The summed E-state index contributed by atoms with van der Waals surface area (Å²) in [7, 11) is 0. The Labute approximate surface area is 179 Å². The van der Waals surface area contributed by atoms with Crippen molar-refractivity contribution in [2.24, 2.45) is 11.7 Å². The molecule has 6 N–H and O–H groups in total. The van der Waals surface area contributed by atoms with E-state index in [1.54, 1.807) is 4.90 Å². The first-order valence-electron chi connectivity index (χ1n) is 11.5. The van der Waals surface area contributed by atoms with Gasteiger partial charge in [-0.2, -0.15) is 0 Å². The van der Waals surface area contributed by atoms with Crippen molar-refractivity contribution in [1.29, 1.82) is 0 Å². The minimum absolute atomic E-state index is 0.00906. The second kappa shape index (κ2) is 15.1. The van der Waals surface area contributed by atoms with Gasteiger partial charge in [0.2, 0.25) is 5.91 Å². The summed E-state index contributed by atoms with van der Waals surface area (Å²) in [5, 5.41) is 19.9.